The number of rotatable bonds is 4. The van der Waals surface area contributed by atoms with Crippen LogP contribution in [0.15, 0.2) is 12.1 Å². The van der Waals surface area contributed by atoms with Crippen molar-refractivity contribution in [2.45, 2.75) is 45.6 Å². The van der Waals surface area contributed by atoms with Crippen LogP contribution in [0.2, 0.25) is 0 Å². The number of carbonyl (C=O) groups is 1. The van der Waals surface area contributed by atoms with Crippen molar-refractivity contribution in [2.75, 3.05) is 18.0 Å². The van der Waals surface area contributed by atoms with E-state index in [1.165, 1.54) is 4.90 Å². The van der Waals surface area contributed by atoms with Crippen LogP contribution in [0.3, 0.4) is 0 Å². The first-order valence-corrected chi connectivity index (χ1v) is 8.17. The molecule has 0 amide bonds. The smallest absolute Gasteiger partial charge is 0.306 e. The average Bonchev–Trinajstić information content (AvgIpc) is 2.46. The zero-order valence-electron chi connectivity index (χ0n) is 14.6. The van der Waals surface area contributed by atoms with Crippen LogP contribution in [-0.4, -0.2) is 29.6 Å². The number of nitrogens with zero attached hydrogens (tertiary/aromatic N) is 2. The highest BCUT2D eigenvalue weighted by molar-refractivity contribution is 5.70. The van der Waals surface area contributed by atoms with Gasteiger partial charge in [0.15, 0.2) is 11.6 Å². The summed E-state index contributed by atoms with van der Waals surface area (Å²) in [6.45, 7) is 6.15. The fraction of sp³-hybridized carbons (Fsp3) is 0.588. The third-order valence-electron chi connectivity index (χ3n) is 4.02. The number of nitro benzene ring substituents is 1. The normalized spacial score (nSPS) is 16.0. The maximum absolute atomic E-state index is 14.1. The summed E-state index contributed by atoms with van der Waals surface area (Å²) < 4.78 is 33.5. The first kappa shape index (κ1) is 19.1. The lowest BCUT2D eigenvalue weighted by Gasteiger charge is -2.34. The van der Waals surface area contributed by atoms with Crippen LogP contribution < -0.4 is 4.90 Å². The number of hydrogen-bond acceptors (Lipinski definition) is 5. The highest BCUT2D eigenvalue weighted by Gasteiger charge is 2.28. The van der Waals surface area contributed by atoms with Crippen LogP contribution in [0.1, 0.15) is 40.0 Å². The Morgan fingerprint density at radius 3 is 2.24 bits per heavy atom. The molecule has 0 aromatic heterocycles. The summed E-state index contributed by atoms with van der Waals surface area (Å²) in [6.07, 6.45) is 1.46. The van der Waals surface area contributed by atoms with Crippen LogP contribution in [0.5, 0.6) is 0 Å². The molecular formula is C17H22F2N2O4. The van der Waals surface area contributed by atoms with Gasteiger partial charge in [0, 0.05) is 19.5 Å². The minimum atomic E-state index is -0.947. The largest absolute Gasteiger partial charge is 0.460 e. The van der Waals surface area contributed by atoms with E-state index < -0.39 is 27.8 Å². The second-order valence-electron chi connectivity index (χ2n) is 7.24. The predicted molar refractivity (Wildman–Crippen MR) is 88.4 cm³/mol. The number of ether oxygens (including phenoxy) is 1. The van der Waals surface area contributed by atoms with E-state index in [-0.39, 0.29) is 24.0 Å². The predicted octanol–water partition coefficient (Wildman–Crippen LogP) is 3.82. The van der Waals surface area contributed by atoms with Crippen LogP contribution in [0.4, 0.5) is 20.2 Å². The lowest BCUT2D eigenvalue weighted by Crippen LogP contribution is -2.36. The molecule has 0 bridgehead atoms. The Morgan fingerprint density at radius 1 is 1.28 bits per heavy atom. The quantitative estimate of drug-likeness (QED) is 0.466. The monoisotopic (exact) mass is 356 g/mol. The Kier molecular flexibility index (Phi) is 5.59. The molecule has 1 aromatic carbocycles. The number of carbonyl (C=O) groups excluding carboxylic acids is 1. The lowest BCUT2D eigenvalue weighted by molar-refractivity contribution is -0.385. The number of benzene rings is 1. The minimum Gasteiger partial charge on any atom is -0.460 e. The van der Waals surface area contributed by atoms with Crippen molar-refractivity contribution in [2.24, 2.45) is 5.92 Å². The maximum atomic E-state index is 14.1. The van der Waals surface area contributed by atoms with Crippen molar-refractivity contribution >= 4 is 17.3 Å². The Balaban J connectivity index is 1.99. The van der Waals surface area contributed by atoms with Crippen LogP contribution >= 0.6 is 0 Å². The first-order chi connectivity index (χ1) is 11.6. The van der Waals surface area contributed by atoms with E-state index in [1.807, 2.05) is 0 Å². The van der Waals surface area contributed by atoms with Crippen LogP contribution in [0.25, 0.3) is 0 Å². The van der Waals surface area contributed by atoms with Gasteiger partial charge in [0.1, 0.15) is 11.3 Å². The second kappa shape index (κ2) is 7.33. The van der Waals surface area contributed by atoms with E-state index >= 15 is 0 Å². The molecular weight excluding hydrogens is 334 g/mol. The SMILES string of the molecule is CC(C)(C)OC(=O)CC1CCN(c2c(F)cc([N+](=O)[O-])cc2F)CC1. The Morgan fingerprint density at radius 2 is 1.80 bits per heavy atom. The van der Waals surface area contributed by atoms with Gasteiger partial charge in [-0.15, -0.1) is 0 Å². The van der Waals surface area contributed by atoms with Gasteiger partial charge in [-0.1, -0.05) is 0 Å². The molecule has 0 aliphatic carbocycles. The molecule has 138 valence electrons. The Bertz CT molecular complexity index is 642. The van der Waals surface area contributed by atoms with Gasteiger partial charge in [-0.05, 0) is 39.5 Å². The van der Waals surface area contributed by atoms with Gasteiger partial charge in [-0.2, -0.15) is 0 Å². The molecule has 1 aliphatic rings. The van der Waals surface area contributed by atoms with Gasteiger partial charge < -0.3 is 9.64 Å². The molecule has 25 heavy (non-hydrogen) atoms. The number of anilines is 1. The van der Waals surface area contributed by atoms with E-state index in [4.69, 9.17) is 4.74 Å². The molecule has 0 unspecified atom stereocenters. The van der Waals surface area contributed by atoms with E-state index in [2.05, 4.69) is 0 Å². The lowest BCUT2D eigenvalue weighted by atomic mass is 9.93. The van der Waals surface area contributed by atoms with Gasteiger partial charge in [-0.25, -0.2) is 8.78 Å². The summed E-state index contributed by atoms with van der Waals surface area (Å²) in [7, 11) is 0. The third kappa shape index (κ3) is 5.11. The van der Waals surface area contributed by atoms with Crippen molar-refractivity contribution in [3.8, 4) is 0 Å². The van der Waals surface area contributed by atoms with Gasteiger partial charge >= 0.3 is 5.97 Å². The summed E-state index contributed by atoms with van der Waals surface area (Å²) in [5, 5.41) is 10.7. The topological polar surface area (TPSA) is 72.7 Å². The summed E-state index contributed by atoms with van der Waals surface area (Å²) in [5.74, 6) is -2.08. The average molecular weight is 356 g/mol. The number of nitro groups is 1. The molecule has 0 atom stereocenters. The van der Waals surface area contributed by atoms with Crippen molar-refractivity contribution in [3.05, 3.63) is 33.9 Å². The highest BCUT2D eigenvalue weighted by atomic mass is 19.1. The molecule has 0 spiro atoms. The van der Waals surface area contributed by atoms with Gasteiger partial charge in [0.25, 0.3) is 5.69 Å². The fourth-order valence-corrected chi connectivity index (χ4v) is 2.94. The number of piperidine rings is 1. The molecule has 1 aliphatic heterocycles. The van der Waals surface area contributed by atoms with Crippen LogP contribution in [-0.2, 0) is 9.53 Å². The fourth-order valence-electron chi connectivity index (χ4n) is 2.94. The molecule has 8 heteroatoms. The van der Waals surface area contributed by atoms with Gasteiger partial charge in [0.2, 0.25) is 0 Å². The summed E-state index contributed by atoms with van der Waals surface area (Å²) >= 11 is 0. The zero-order chi connectivity index (χ0) is 18.8. The van der Waals surface area contributed by atoms with E-state index in [9.17, 15) is 23.7 Å². The summed E-state index contributed by atoms with van der Waals surface area (Å²) in [4.78, 5) is 23.2. The van der Waals surface area contributed by atoms with Gasteiger partial charge in [-0.3, -0.25) is 14.9 Å². The molecule has 0 N–H and O–H groups in total. The number of non-ortho nitro benzene ring substituents is 1. The minimum absolute atomic E-state index is 0.0928. The van der Waals surface area contributed by atoms with E-state index in [0.29, 0.717) is 25.9 Å². The number of hydrogen-bond donors (Lipinski definition) is 0. The third-order valence-corrected chi connectivity index (χ3v) is 4.02. The molecule has 1 aromatic rings. The second-order valence-corrected chi connectivity index (χ2v) is 7.24. The Labute approximate surface area is 144 Å². The maximum Gasteiger partial charge on any atom is 0.306 e. The molecule has 2 rings (SSSR count). The molecule has 1 fully saturated rings. The Hall–Kier alpha value is -2.25. The zero-order valence-corrected chi connectivity index (χ0v) is 14.6. The van der Waals surface area contributed by atoms with Crippen molar-refractivity contribution < 1.29 is 23.2 Å². The van der Waals surface area contributed by atoms with E-state index in [0.717, 1.165) is 12.1 Å². The van der Waals surface area contributed by atoms with Crippen molar-refractivity contribution in [3.63, 3.8) is 0 Å². The molecule has 6 nitrogen and oxygen atoms in total. The summed E-state index contributed by atoms with van der Waals surface area (Å²) in [5.41, 5.74) is -1.40. The van der Waals surface area contributed by atoms with Crippen molar-refractivity contribution in [1.82, 2.24) is 0 Å². The number of halogens is 2. The molecule has 1 saturated heterocycles. The van der Waals surface area contributed by atoms with Crippen LogP contribution in [0, 0.1) is 27.7 Å². The number of esters is 1. The van der Waals surface area contributed by atoms with E-state index in [1.54, 1.807) is 20.8 Å². The van der Waals surface area contributed by atoms with Crippen molar-refractivity contribution in [1.29, 1.82) is 0 Å². The standard InChI is InChI=1S/C17H22F2N2O4/c1-17(2,3)25-15(22)8-11-4-6-20(7-5-11)16-13(18)9-12(21(23)24)10-14(16)19/h9-11H,4-8H2,1-3H3. The first-order valence-electron chi connectivity index (χ1n) is 8.17. The summed E-state index contributed by atoms with van der Waals surface area (Å²) in [6, 6.07) is 1.45. The molecule has 0 radical (unpaired) electrons. The molecule has 1 heterocycles. The highest BCUT2D eigenvalue weighted by Crippen LogP contribution is 2.32. The van der Waals surface area contributed by atoms with Gasteiger partial charge in [0.05, 0.1) is 17.1 Å². The molecule has 0 saturated carbocycles.